The molecule has 8 heteroatoms. The van der Waals surface area contributed by atoms with Gasteiger partial charge in [0.1, 0.15) is 6.04 Å². The minimum atomic E-state index is -0.952. The minimum Gasteiger partial charge on any atom is -0.480 e. The van der Waals surface area contributed by atoms with Crippen LogP contribution in [0.15, 0.2) is 0 Å². The Hall–Kier alpha value is -1.12. The molecule has 0 spiro atoms. The summed E-state index contributed by atoms with van der Waals surface area (Å²) in [6.07, 6.45) is 2.52. The van der Waals surface area contributed by atoms with Crippen molar-refractivity contribution in [2.75, 3.05) is 31.1 Å². The number of amides is 1. The fraction of sp³-hybridized carbons (Fsp3) is 0.750. The molecule has 0 aromatic heterocycles. The normalized spacial score (nSPS) is 19.9. The van der Waals surface area contributed by atoms with Crippen molar-refractivity contribution in [2.45, 2.75) is 24.9 Å². The SMILES string of the molecule is N=CCNCCSC[C@H](N)C(=O)N1CCC[C@H]1C(=O)O. The van der Waals surface area contributed by atoms with Crippen LogP contribution in [-0.2, 0) is 9.59 Å². The Balaban J connectivity index is 2.28. The number of rotatable bonds is 9. The number of aliphatic carboxylic acids is 1. The zero-order valence-corrected chi connectivity index (χ0v) is 12.2. The molecule has 0 unspecified atom stereocenters. The first-order chi connectivity index (χ1) is 9.57. The van der Waals surface area contributed by atoms with Gasteiger partial charge in [0.25, 0.3) is 0 Å². The summed E-state index contributed by atoms with van der Waals surface area (Å²) < 4.78 is 0. The van der Waals surface area contributed by atoms with Gasteiger partial charge in [-0.3, -0.25) is 4.79 Å². The Morgan fingerprint density at radius 3 is 3.00 bits per heavy atom. The molecule has 0 radical (unpaired) electrons. The van der Waals surface area contributed by atoms with Crippen molar-refractivity contribution in [1.82, 2.24) is 10.2 Å². The zero-order valence-electron chi connectivity index (χ0n) is 11.4. The second-order valence-corrected chi connectivity index (χ2v) is 5.77. The fourth-order valence-electron chi connectivity index (χ4n) is 2.10. The molecule has 1 heterocycles. The molecule has 20 heavy (non-hydrogen) atoms. The third kappa shape index (κ3) is 5.10. The van der Waals surface area contributed by atoms with Crippen molar-refractivity contribution in [2.24, 2.45) is 5.73 Å². The Kier molecular flexibility index (Phi) is 7.56. The molecular weight excluding hydrogens is 280 g/mol. The zero-order chi connectivity index (χ0) is 15.0. The molecule has 114 valence electrons. The summed E-state index contributed by atoms with van der Waals surface area (Å²) in [6.45, 7) is 1.77. The highest BCUT2D eigenvalue weighted by atomic mass is 32.2. The van der Waals surface area contributed by atoms with E-state index in [4.69, 9.17) is 16.2 Å². The summed E-state index contributed by atoms with van der Waals surface area (Å²) in [4.78, 5) is 24.5. The van der Waals surface area contributed by atoms with Crippen LogP contribution >= 0.6 is 11.8 Å². The van der Waals surface area contributed by atoms with Gasteiger partial charge in [0.05, 0.1) is 6.04 Å². The van der Waals surface area contributed by atoms with Gasteiger partial charge in [-0.15, -0.1) is 0 Å². The van der Waals surface area contributed by atoms with Crippen molar-refractivity contribution < 1.29 is 14.7 Å². The molecule has 1 amide bonds. The molecule has 0 bridgehead atoms. The van der Waals surface area contributed by atoms with E-state index in [0.717, 1.165) is 18.7 Å². The van der Waals surface area contributed by atoms with E-state index in [-0.39, 0.29) is 5.91 Å². The van der Waals surface area contributed by atoms with Crippen LogP contribution in [0.2, 0.25) is 0 Å². The van der Waals surface area contributed by atoms with Gasteiger partial charge in [-0.05, 0) is 12.8 Å². The van der Waals surface area contributed by atoms with E-state index in [1.165, 1.54) is 11.1 Å². The van der Waals surface area contributed by atoms with Crippen LogP contribution in [0.1, 0.15) is 12.8 Å². The van der Waals surface area contributed by atoms with Crippen LogP contribution in [0.25, 0.3) is 0 Å². The van der Waals surface area contributed by atoms with E-state index >= 15 is 0 Å². The number of nitrogens with zero attached hydrogens (tertiary/aromatic N) is 1. The highest BCUT2D eigenvalue weighted by Crippen LogP contribution is 2.18. The van der Waals surface area contributed by atoms with Crippen molar-refractivity contribution >= 4 is 29.9 Å². The van der Waals surface area contributed by atoms with E-state index < -0.39 is 18.1 Å². The standard InChI is InChI=1S/C12H22N4O3S/c13-3-4-15-5-7-20-8-9(14)11(17)16-6-1-2-10(16)12(18)19/h3,9-10,13,15H,1-2,4-8,14H2,(H,18,19)/t9-,10-/m0/s1. The van der Waals surface area contributed by atoms with Crippen LogP contribution in [-0.4, -0.2) is 71.3 Å². The van der Waals surface area contributed by atoms with Gasteiger partial charge < -0.3 is 26.5 Å². The molecule has 1 aliphatic rings. The molecule has 1 aliphatic heterocycles. The fourth-order valence-corrected chi connectivity index (χ4v) is 2.95. The predicted molar refractivity (Wildman–Crippen MR) is 79.3 cm³/mol. The van der Waals surface area contributed by atoms with Crippen LogP contribution in [0.3, 0.4) is 0 Å². The second kappa shape index (κ2) is 8.93. The number of hydrogen-bond donors (Lipinski definition) is 4. The highest BCUT2D eigenvalue weighted by molar-refractivity contribution is 7.99. The third-order valence-corrected chi connectivity index (χ3v) is 4.19. The van der Waals surface area contributed by atoms with Gasteiger partial charge in [-0.1, -0.05) is 0 Å². The Morgan fingerprint density at radius 1 is 1.60 bits per heavy atom. The first-order valence-electron chi connectivity index (χ1n) is 6.64. The maximum atomic E-state index is 12.1. The number of hydrogen-bond acceptors (Lipinski definition) is 6. The number of carbonyl (C=O) groups excluding carboxylic acids is 1. The topological polar surface area (TPSA) is 120 Å². The maximum Gasteiger partial charge on any atom is 0.326 e. The average Bonchev–Trinajstić information content (AvgIpc) is 2.91. The number of carboxylic acids is 1. The van der Waals surface area contributed by atoms with Gasteiger partial charge >= 0.3 is 5.97 Å². The minimum absolute atomic E-state index is 0.269. The van der Waals surface area contributed by atoms with Crippen molar-refractivity contribution in [3.8, 4) is 0 Å². The lowest BCUT2D eigenvalue weighted by atomic mass is 10.2. The van der Waals surface area contributed by atoms with Crippen LogP contribution < -0.4 is 11.1 Å². The lowest BCUT2D eigenvalue weighted by Crippen LogP contribution is -2.49. The first kappa shape index (κ1) is 16.9. The van der Waals surface area contributed by atoms with Gasteiger partial charge in [0.15, 0.2) is 0 Å². The smallest absolute Gasteiger partial charge is 0.326 e. The summed E-state index contributed by atoms with van der Waals surface area (Å²) in [5.41, 5.74) is 5.84. The maximum absolute atomic E-state index is 12.1. The van der Waals surface area contributed by atoms with Crippen LogP contribution in [0.5, 0.6) is 0 Å². The summed E-state index contributed by atoms with van der Waals surface area (Å²) in [7, 11) is 0. The largest absolute Gasteiger partial charge is 0.480 e. The van der Waals surface area contributed by atoms with Crippen molar-refractivity contribution in [1.29, 1.82) is 5.41 Å². The summed E-state index contributed by atoms with van der Waals surface area (Å²) in [5.74, 6) is 0.0619. The van der Waals surface area contributed by atoms with Gasteiger partial charge in [0, 0.05) is 37.4 Å². The Labute approximate surface area is 122 Å². The molecule has 1 fully saturated rings. The number of carbonyl (C=O) groups is 2. The summed E-state index contributed by atoms with van der Waals surface area (Å²) in [5, 5.41) is 18.9. The highest BCUT2D eigenvalue weighted by Gasteiger charge is 2.35. The second-order valence-electron chi connectivity index (χ2n) is 4.62. The van der Waals surface area contributed by atoms with Gasteiger partial charge in [-0.25, -0.2) is 4.79 Å². The van der Waals surface area contributed by atoms with E-state index in [0.29, 0.717) is 25.3 Å². The van der Waals surface area contributed by atoms with Gasteiger partial charge in [0.2, 0.25) is 5.91 Å². The van der Waals surface area contributed by atoms with Gasteiger partial charge in [-0.2, -0.15) is 11.8 Å². The third-order valence-electron chi connectivity index (χ3n) is 3.11. The predicted octanol–water partition coefficient (Wildman–Crippen LogP) is -0.638. The average molecular weight is 302 g/mol. The molecule has 2 atom stereocenters. The first-order valence-corrected chi connectivity index (χ1v) is 7.79. The van der Waals surface area contributed by atoms with Crippen LogP contribution in [0, 0.1) is 5.41 Å². The van der Waals surface area contributed by atoms with E-state index in [1.807, 2.05) is 0 Å². The molecule has 1 saturated heterocycles. The molecular formula is C12H22N4O3S. The molecule has 1 rings (SSSR count). The quantitative estimate of drug-likeness (QED) is 0.332. The molecule has 0 aromatic rings. The Morgan fingerprint density at radius 2 is 2.35 bits per heavy atom. The number of nitrogens with one attached hydrogen (secondary N) is 2. The molecule has 0 aromatic carbocycles. The van der Waals surface area contributed by atoms with E-state index in [9.17, 15) is 9.59 Å². The summed E-state index contributed by atoms with van der Waals surface area (Å²) >= 11 is 1.55. The van der Waals surface area contributed by atoms with Crippen LogP contribution in [0.4, 0.5) is 0 Å². The van der Waals surface area contributed by atoms with E-state index in [1.54, 1.807) is 11.8 Å². The molecule has 0 aliphatic carbocycles. The van der Waals surface area contributed by atoms with Crippen molar-refractivity contribution in [3.05, 3.63) is 0 Å². The number of nitrogens with two attached hydrogens (primary N) is 1. The monoisotopic (exact) mass is 302 g/mol. The molecule has 5 N–H and O–H groups in total. The number of thioether (sulfide) groups is 1. The van der Waals surface area contributed by atoms with Crippen molar-refractivity contribution in [3.63, 3.8) is 0 Å². The Bertz CT molecular complexity index is 354. The molecule has 0 saturated carbocycles. The molecule has 7 nitrogen and oxygen atoms in total. The lowest BCUT2D eigenvalue weighted by Gasteiger charge is -2.24. The lowest BCUT2D eigenvalue weighted by molar-refractivity contribution is -0.148. The number of carboxylic acid groups (broad SMARTS) is 1. The number of likely N-dealkylation sites (tertiary alicyclic amines) is 1. The summed E-state index contributed by atoms with van der Waals surface area (Å²) in [6, 6.07) is -1.37. The van der Waals surface area contributed by atoms with E-state index in [2.05, 4.69) is 5.32 Å².